The Morgan fingerprint density at radius 2 is 2.00 bits per heavy atom. The number of carbonyl (C=O) groups excluding carboxylic acids is 1. The van der Waals surface area contributed by atoms with Crippen LogP contribution in [0.5, 0.6) is 0 Å². The summed E-state index contributed by atoms with van der Waals surface area (Å²) in [5.41, 5.74) is 2.12. The van der Waals surface area contributed by atoms with Crippen molar-refractivity contribution in [1.82, 2.24) is 4.90 Å². The number of fused-ring (bicyclic) bond motifs is 1. The first-order valence-electron chi connectivity index (χ1n) is 6.14. The van der Waals surface area contributed by atoms with Crippen molar-refractivity contribution < 1.29 is 4.79 Å². The molecule has 0 bridgehead atoms. The van der Waals surface area contributed by atoms with Crippen LogP contribution < -0.4 is 0 Å². The summed E-state index contributed by atoms with van der Waals surface area (Å²) in [6.07, 6.45) is 3.69. The van der Waals surface area contributed by atoms with Gasteiger partial charge in [-0.15, -0.1) is 0 Å². The van der Waals surface area contributed by atoms with Gasteiger partial charge in [0, 0.05) is 12.1 Å². The Labute approximate surface area is 97.3 Å². The third-order valence-corrected chi connectivity index (χ3v) is 3.16. The van der Waals surface area contributed by atoms with E-state index in [0.717, 1.165) is 18.7 Å². The third-order valence-electron chi connectivity index (χ3n) is 3.16. The molecule has 0 fully saturated rings. The van der Waals surface area contributed by atoms with Crippen LogP contribution in [-0.4, -0.2) is 23.8 Å². The highest BCUT2D eigenvalue weighted by Gasteiger charge is 2.21. The van der Waals surface area contributed by atoms with Gasteiger partial charge in [-0.05, 0) is 18.5 Å². The molecule has 0 aromatic heterocycles. The molecule has 86 valence electrons. The summed E-state index contributed by atoms with van der Waals surface area (Å²) < 4.78 is 0. The molecule has 16 heavy (non-hydrogen) atoms. The van der Waals surface area contributed by atoms with Crippen LogP contribution in [-0.2, 0) is 6.54 Å². The summed E-state index contributed by atoms with van der Waals surface area (Å²) in [5, 5.41) is 0. The van der Waals surface area contributed by atoms with Crippen molar-refractivity contribution in [2.75, 3.05) is 13.1 Å². The van der Waals surface area contributed by atoms with E-state index in [1.165, 1.54) is 24.8 Å². The summed E-state index contributed by atoms with van der Waals surface area (Å²) in [5.74, 6) is 0.276. The van der Waals surface area contributed by atoms with Crippen LogP contribution in [0, 0.1) is 0 Å². The van der Waals surface area contributed by atoms with E-state index in [4.69, 9.17) is 0 Å². The summed E-state index contributed by atoms with van der Waals surface area (Å²) in [6, 6.07) is 7.98. The number of hydrogen-bond donors (Lipinski definition) is 0. The van der Waals surface area contributed by atoms with Gasteiger partial charge >= 0.3 is 0 Å². The van der Waals surface area contributed by atoms with Crippen molar-refractivity contribution in [3.8, 4) is 0 Å². The minimum absolute atomic E-state index is 0.276. The maximum atomic E-state index is 11.9. The second-order valence-corrected chi connectivity index (χ2v) is 4.50. The zero-order valence-electron chi connectivity index (χ0n) is 9.91. The van der Waals surface area contributed by atoms with Crippen LogP contribution in [0.1, 0.15) is 42.1 Å². The van der Waals surface area contributed by atoms with Crippen molar-refractivity contribution in [1.29, 1.82) is 0 Å². The molecule has 2 heteroatoms. The van der Waals surface area contributed by atoms with Crippen molar-refractivity contribution >= 4 is 5.78 Å². The topological polar surface area (TPSA) is 20.3 Å². The molecule has 2 rings (SSSR count). The Kier molecular flexibility index (Phi) is 3.73. The van der Waals surface area contributed by atoms with Gasteiger partial charge in [-0.3, -0.25) is 9.69 Å². The Morgan fingerprint density at radius 3 is 2.81 bits per heavy atom. The molecule has 1 heterocycles. The van der Waals surface area contributed by atoms with Gasteiger partial charge in [0.05, 0.1) is 6.54 Å². The molecule has 0 N–H and O–H groups in total. The van der Waals surface area contributed by atoms with Crippen molar-refractivity contribution in [3.63, 3.8) is 0 Å². The van der Waals surface area contributed by atoms with Gasteiger partial charge in [0.25, 0.3) is 0 Å². The maximum Gasteiger partial charge on any atom is 0.177 e. The first-order chi connectivity index (χ1) is 7.81. The standard InChI is InChI=1S/C14H19NO/c1-2-3-6-9-15-10-12-7-4-5-8-13(12)14(16)11-15/h4-5,7-8H,2-3,6,9-11H2,1H3. The van der Waals surface area contributed by atoms with Crippen LogP contribution in [0.25, 0.3) is 0 Å². The smallest absolute Gasteiger partial charge is 0.177 e. The van der Waals surface area contributed by atoms with Crippen LogP contribution in [0.3, 0.4) is 0 Å². The number of unbranched alkanes of at least 4 members (excludes halogenated alkanes) is 2. The Hall–Kier alpha value is -1.15. The largest absolute Gasteiger partial charge is 0.293 e. The van der Waals surface area contributed by atoms with Crippen molar-refractivity contribution in [2.24, 2.45) is 0 Å². The molecule has 1 aliphatic rings. The van der Waals surface area contributed by atoms with E-state index in [-0.39, 0.29) is 5.78 Å². The summed E-state index contributed by atoms with van der Waals surface area (Å²) in [6.45, 7) is 4.79. The molecule has 0 saturated carbocycles. The molecule has 0 aliphatic carbocycles. The van der Waals surface area contributed by atoms with Gasteiger partial charge in [0.2, 0.25) is 0 Å². The Morgan fingerprint density at radius 1 is 1.19 bits per heavy atom. The number of benzene rings is 1. The molecule has 0 saturated heterocycles. The van der Waals surface area contributed by atoms with Gasteiger partial charge in [0.1, 0.15) is 0 Å². The lowest BCUT2D eigenvalue weighted by atomic mass is 9.98. The van der Waals surface area contributed by atoms with Gasteiger partial charge < -0.3 is 0 Å². The predicted octanol–water partition coefficient (Wildman–Crippen LogP) is 2.88. The predicted molar refractivity (Wildman–Crippen MR) is 65.6 cm³/mol. The number of rotatable bonds is 4. The number of hydrogen-bond acceptors (Lipinski definition) is 2. The quantitative estimate of drug-likeness (QED) is 0.723. The van der Waals surface area contributed by atoms with E-state index in [0.29, 0.717) is 6.54 Å². The second kappa shape index (κ2) is 5.26. The zero-order valence-corrected chi connectivity index (χ0v) is 9.91. The molecule has 1 aromatic rings. The van der Waals surface area contributed by atoms with Gasteiger partial charge in [-0.1, -0.05) is 44.0 Å². The number of Topliss-reactive ketones (excluding diaryl/α,β-unsaturated/α-hetero) is 1. The molecule has 1 aliphatic heterocycles. The molecular weight excluding hydrogens is 198 g/mol. The molecular formula is C14H19NO. The van der Waals surface area contributed by atoms with Crippen molar-refractivity contribution in [2.45, 2.75) is 32.7 Å². The summed E-state index contributed by atoms with van der Waals surface area (Å²) in [4.78, 5) is 14.2. The molecule has 0 radical (unpaired) electrons. The van der Waals surface area contributed by atoms with E-state index in [9.17, 15) is 4.79 Å². The first kappa shape index (κ1) is 11.3. The highest BCUT2D eigenvalue weighted by Crippen LogP contribution is 2.18. The molecule has 2 nitrogen and oxygen atoms in total. The zero-order chi connectivity index (χ0) is 11.4. The lowest BCUT2D eigenvalue weighted by molar-refractivity contribution is 0.0899. The number of nitrogens with zero attached hydrogens (tertiary/aromatic N) is 1. The van der Waals surface area contributed by atoms with Crippen LogP contribution in [0.2, 0.25) is 0 Å². The van der Waals surface area contributed by atoms with E-state index in [1.54, 1.807) is 0 Å². The summed E-state index contributed by atoms with van der Waals surface area (Å²) >= 11 is 0. The maximum absolute atomic E-state index is 11.9. The fraction of sp³-hybridized carbons (Fsp3) is 0.500. The number of ketones is 1. The van der Waals surface area contributed by atoms with Gasteiger partial charge in [0.15, 0.2) is 5.78 Å². The molecule has 0 spiro atoms. The molecule has 0 unspecified atom stereocenters. The van der Waals surface area contributed by atoms with Gasteiger partial charge in [-0.25, -0.2) is 0 Å². The fourth-order valence-electron chi connectivity index (χ4n) is 2.26. The first-order valence-corrected chi connectivity index (χ1v) is 6.14. The van der Waals surface area contributed by atoms with E-state index < -0.39 is 0 Å². The van der Waals surface area contributed by atoms with Crippen LogP contribution in [0.15, 0.2) is 24.3 Å². The van der Waals surface area contributed by atoms with Crippen LogP contribution >= 0.6 is 0 Å². The molecule has 1 aromatic carbocycles. The highest BCUT2D eigenvalue weighted by atomic mass is 16.1. The lowest BCUT2D eigenvalue weighted by Gasteiger charge is -2.27. The minimum Gasteiger partial charge on any atom is -0.293 e. The van der Waals surface area contributed by atoms with Crippen molar-refractivity contribution in [3.05, 3.63) is 35.4 Å². The van der Waals surface area contributed by atoms with E-state index in [2.05, 4.69) is 17.9 Å². The van der Waals surface area contributed by atoms with Crippen LogP contribution in [0.4, 0.5) is 0 Å². The average Bonchev–Trinajstić information content (AvgIpc) is 2.30. The molecule has 0 atom stereocenters. The summed E-state index contributed by atoms with van der Waals surface area (Å²) in [7, 11) is 0. The normalized spacial score (nSPS) is 16.2. The number of carbonyl (C=O) groups is 1. The molecule has 0 amide bonds. The SMILES string of the molecule is CCCCCN1CC(=O)c2ccccc2C1. The van der Waals surface area contributed by atoms with E-state index >= 15 is 0 Å². The van der Waals surface area contributed by atoms with E-state index in [1.807, 2.05) is 18.2 Å². The Bertz CT molecular complexity index is 373. The minimum atomic E-state index is 0.276. The monoisotopic (exact) mass is 217 g/mol. The highest BCUT2D eigenvalue weighted by molar-refractivity contribution is 5.99. The second-order valence-electron chi connectivity index (χ2n) is 4.50. The van der Waals surface area contributed by atoms with Gasteiger partial charge in [-0.2, -0.15) is 0 Å². The third kappa shape index (κ3) is 2.50. The lowest BCUT2D eigenvalue weighted by Crippen LogP contribution is -2.35. The average molecular weight is 217 g/mol. The Balaban J connectivity index is 2.01. The fourth-order valence-corrected chi connectivity index (χ4v) is 2.26.